The quantitative estimate of drug-likeness (QED) is 0.773. The van der Waals surface area contributed by atoms with Gasteiger partial charge in [-0.2, -0.15) is 26.3 Å². The first-order valence-corrected chi connectivity index (χ1v) is 7.19. The first-order valence-electron chi connectivity index (χ1n) is 7.19. The van der Waals surface area contributed by atoms with Crippen molar-refractivity contribution in [3.63, 3.8) is 0 Å². The summed E-state index contributed by atoms with van der Waals surface area (Å²) in [6.07, 6.45) is -11.2. The second-order valence-electron chi connectivity index (χ2n) is 5.24. The number of rotatable bonds is 4. The van der Waals surface area contributed by atoms with Gasteiger partial charge in [0, 0.05) is 24.9 Å². The van der Waals surface area contributed by atoms with E-state index in [1.54, 1.807) is 0 Å². The molecule has 0 spiro atoms. The minimum absolute atomic E-state index is 0.0754. The van der Waals surface area contributed by atoms with Crippen LogP contribution in [0.25, 0.3) is 0 Å². The summed E-state index contributed by atoms with van der Waals surface area (Å²) < 4.78 is 95.2. The lowest BCUT2D eigenvalue weighted by atomic mass is 9.94. The van der Waals surface area contributed by atoms with Crippen molar-refractivity contribution in [3.05, 3.63) is 53.7 Å². The number of nitrogens with zero attached hydrogens (tertiary/aromatic N) is 1. The smallest absolute Gasteiger partial charge is 0.435 e. The molecule has 0 saturated carbocycles. The molecule has 0 aliphatic rings. The number of aromatic nitrogens is 1. The van der Waals surface area contributed by atoms with E-state index in [9.17, 15) is 35.5 Å². The van der Waals surface area contributed by atoms with Crippen molar-refractivity contribution in [1.29, 1.82) is 0 Å². The SMILES string of the molecule is CNC(=O)c1ccc(Oc2ccc(C(F)(C(F)(F)F)C(F)(F)F)cc2)nc1. The van der Waals surface area contributed by atoms with Gasteiger partial charge in [0.25, 0.3) is 5.91 Å². The lowest BCUT2D eigenvalue weighted by molar-refractivity contribution is -0.348. The number of ether oxygens (including phenoxy) is 1. The second kappa shape index (κ2) is 7.05. The Labute approximate surface area is 148 Å². The number of amides is 1. The average Bonchev–Trinajstić information content (AvgIpc) is 2.59. The molecule has 11 heteroatoms. The third-order valence-corrected chi connectivity index (χ3v) is 3.48. The molecule has 1 amide bonds. The van der Waals surface area contributed by atoms with Crippen LogP contribution in [0, 0.1) is 0 Å². The molecule has 1 heterocycles. The molecule has 0 saturated heterocycles. The fraction of sp³-hybridized carbons (Fsp3) is 0.250. The lowest BCUT2D eigenvalue weighted by Crippen LogP contribution is -2.50. The van der Waals surface area contributed by atoms with E-state index in [1.165, 1.54) is 19.2 Å². The Hall–Kier alpha value is -2.85. The maximum Gasteiger partial charge on any atom is 0.435 e. The summed E-state index contributed by atoms with van der Waals surface area (Å²) >= 11 is 0. The first kappa shape index (κ1) is 20.5. The predicted molar refractivity (Wildman–Crippen MR) is 79.0 cm³/mol. The summed E-state index contributed by atoms with van der Waals surface area (Å²) in [5, 5.41) is 2.36. The summed E-state index contributed by atoms with van der Waals surface area (Å²) in [5.74, 6) is -0.670. The highest BCUT2D eigenvalue weighted by Gasteiger charge is 2.73. The molecule has 1 aromatic heterocycles. The van der Waals surface area contributed by atoms with Gasteiger partial charge in [-0.1, -0.05) is 12.1 Å². The zero-order chi connectivity index (χ0) is 20.5. The molecular formula is C16H11F7N2O2. The molecule has 2 rings (SSSR count). The van der Waals surface area contributed by atoms with Crippen molar-refractivity contribution in [1.82, 2.24) is 10.3 Å². The van der Waals surface area contributed by atoms with Crippen LogP contribution in [0.3, 0.4) is 0 Å². The predicted octanol–water partition coefficient (Wildman–Crippen LogP) is 4.52. The molecule has 0 aliphatic heterocycles. The fourth-order valence-corrected chi connectivity index (χ4v) is 2.08. The molecule has 0 radical (unpaired) electrons. The fourth-order valence-electron chi connectivity index (χ4n) is 2.08. The van der Waals surface area contributed by atoms with Gasteiger partial charge in [0.05, 0.1) is 5.56 Å². The molecule has 4 nitrogen and oxygen atoms in total. The van der Waals surface area contributed by atoms with Crippen LogP contribution in [0.2, 0.25) is 0 Å². The molecule has 0 unspecified atom stereocenters. The zero-order valence-corrected chi connectivity index (χ0v) is 13.5. The van der Waals surface area contributed by atoms with E-state index in [1.807, 2.05) is 0 Å². The van der Waals surface area contributed by atoms with Gasteiger partial charge in [-0.05, 0) is 18.2 Å². The molecule has 0 aliphatic carbocycles. The molecule has 27 heavy (non-hydrogen) atoms. The minimum atomic E-state index is -6.19. The van der Waals surface area contributed by atoms with Crippen LogP contribution in [0.1, 0.15) is 15.9 Å². The highest BCUT2D eigenvalue weighted by Crippen LogP contribution is 2.53. The number of hydrogen-bond acceptors (Lipinski definition) is 3. The van der Waals surface area contributed by atoms with E-state index in [4.69, 9.17) is 4.74 Å². The lowest BCUT2D eigenvalue weighted by Gasteiger charge is -2.30. The van der Waals surface area contributed by atoms with Crippen LogP contribution < -0.4 is 10.1 Å². The molecule has 0 fully saturated rings. The Morgan fingerprint density at radius 1 is 0.926 bits per heavy atom. The van der Waals surface area contributed by atoms with Gasteiger partial charge in [0.1, 0.15) is 5.75 Å². The van der Waals surface area contributed by atoms with Gasteiger partial charge in [0.15, 0.2) is 0 Å². The summed E-state index contributed by atoms with van der Waals surface area (Å²) in [5.41, 5.74) is -6.93. The second-order valence-corrected chi connectivity index (χ2v) is 5.24. The van der Waals surface area contributed by atoms with E-state index >= 15 is 0 Å². The standard InChI is InChI=1S/C16H11F7N2O2/c1-24-13(26)9-2-7-12(25-8-9)27-11-5-3-10(4-6-11)14(17,15(18,19)20)16(21,22)23/h2-8H,1H3,(H,24,26). The Bertz CT molecular complexity index is 786. The van der Waals surface area contributed by atoms with Crippen molar-refractivity contribution >= 4 is 5.91 Å². The van der Waals surface area contributed by atoms with E-state index in [0.29, 0.717) is 12.1 Å². The summed E-state index contributed by atoms with van der Waals surface area (Å²) in [6.45, 7) is 0. The largest absolute Gasteiger partial charge is 0.439 e. The van der Waals surface area contributed by atoms with Crippen molar-refractivity contribution in [2.75, 3.05) is 7.05 Å². The van der Waals surface area contributed by atoms with Gasteiger partial charge in [-0.3, -0.25) is 4.79 Å². The van der Waals surface area contributed by atoms with Crippen LogP contribution in [0.15, 0.2) is 42.6 Å². The Morgan fingerprint density at radius 2 is 1.48 bits per heavy atom. The van der Waals surface area contributed by atoms with E-state index in [0.717, 1.165) is 18.3 Å². The zero-order valence-electron chi connectivity index (χ0n) is 13.5. The maximum atomic E-state index is 13.9. The average molecular weight is 396 g/mol. The summed E-state index contributed by atoms with van der Waals surface area (Å²) in [6, 6.07) is 4.76. The number of alkyl halides is 7. The van der Waals surface area contributed by atoms with E-state index in [-0.39, 0.29) is 17.2 Å². The number of carbonyl (C=O) groups excluding carboxylic acids is 1. The van der Waals surface area contributed by atoms with Gasteiger partial charge in [-0.25, -0.2) is 9.37 Å². The van der Waals surface area contributed by atoms with Gasteiger partial charge in [-0.15, -0.1) is 0 Å². The monoisotopic (exact) mass is 396 g/mol. The number of carbonyl (C=O) groups is 1. The maximum absolute atomic E-state index is 13.9. The molecule has 146 valence electrons. The van der Waals surface area contributed by atoms with E-state index in [2.05, 4.69) is 10.3 Å². The van der Waals surface area contributed by atoms with Crippen LogP contribution >= 0.6 is 0 Å². The van der Waals surface area contributed by atoms with Crippen molar-refractivity contribution < 1.29 is 40.3 Å². The molecule has 2 aromatic rings. The summed E-state index contributed by atoms with van der Waals surface area (Å²) in [7, 11) is 1.40. The minimum Gasteiger partial charge on any atom is -0.439 e. The summed E-state index contributed by atoms with van der Waals surface area (Å²) in [4.78, 5) is 15.1. The number of pyridine rings is 1. The van der Waals surface area contributed by atoms with Gasteiger partial charge in [0.2, 0.25) is 5.88 Å². The molecule has 0 bridgehead atoms. The number of nitrogens with one attached hydrogen (secondary N) is 1. The number of benzene rings is 1. The Kier molecular flexibility index (Phi) is 5.34. The van der Waals surface area contributed by atoms with Crippen LogP contribution in [0.5, 0.6) is 11.6 Å². The number of halogens is 7. The van der Waals surface area contributed by atoms with Crippen LogP contribution in [-0.2, 0) is 5.67 Å². The third kappa shape index (κ3) is 3.96. The highest BCUT2D eigenvalue weighted by molar-refractivity contribution is 5.93. The van der Waals surface area contributed by atoms with Gasteiger partial charge >= 0.3 is 18.0 Å². The Morgan fingerprint density at radius 3 is 1.89 bits per heavy atom. The van der Waals surface area contributed by atoms with E-state index < -0.39 is 29.5 Å². The van der Waals surface area contributed by atoms with Crippen LogP contribution in [0.4, 0.5) is 30.7 Å². The van der Waals surface area contributed by atoms with Gasteiger partial charge < -0.3 is 10.1 Å². The van der Waals surface area contributed by atoms with Crippen molar-refractivity contribution in [2.45, 2.75) is 18.0 Å². The van der Waals surface area contributed by atoms with Crippen molar-refractivity contribution in [2.24, 2.45) is 0 Å². The number of hydrogen-bond donors (Lipinski definition) is 1. The Balaban J connectivity index is 2.25. The molecule has 1 N–H and O–H groups in total. The molecular weight excluding hydrogens is 385 g/mol. The van der Waals surface area contributed by atoms with Crippen molar-refractivity contribution in [3.8, 4) is 11.6 Å². The molecule has 0 atom stereocenters. The van der Waals surface area contributed by atoms with Crippen LogP contribution in [-0.4, -0.2) is 30.3 Å². The topological polar surface area (TPSA) is 51.2 Å². The highest BCUT2D eigenvalue weighted by atomic mass is 19.4. The first-order chi connectivity index (χ1) is 12.4. The molecule has 1 aromatic carbocycles. The normalized spacial score (nSPS) is 12.6. The third-order valence-electron chi connectivity index (χ3n) is 3.48.